The van der Waals surface area contributed by atoms with Crippen LogP contribution in [0.3, 0.4) is 0 Å². The summed E-state index contributed by atoms with van der Waals surface area (Å²) in [5.41, 5.74) is 0. The van der Waals surface area contributed by atoms with Crippen molar-refractivity contribution in [3.8, 4) is 0 Å². The minimum atomic E-state index is -3.43. The van der Waals surface area contributed by atoms with E-state index in [1.54, 1.807) is 29.6 Å². The predicted molar refractivity (Wildman–Crippen MR) is 86.1 cm³/mol. The predicted octanol–water partition coefficient (Wildman–Crippen LogP) is 1.35. The van der Waals surface area contributed by atoms with Crippen LogP contribution in [0.15, 0.2) is 29.4 Å². The Balaban J connectivity index is 1.62. The maximum Gasteiger partial charge on any atom is 0.244 e. The fourth-order valence-corrected chi connectivity index (χ4v) is 5.17. The SMILES string of the molecule is CC(=O)N1CCC(C2CCN(S(=O)(=O)c3cccnc3)C2)CC1. The Hall–Kier alpha value is -1.47. The number of carbonyl (C=O) groups is 1. The third kappa shape index (κ3) is 3.40. The lowest BCUT2D eigenvalue weighted by molar-refractivity contribution is -0.130. The molecule has 1 amide bonds. The van der Waals surface area contributed by atoms with Crippen molar-refractivity contribution < 1.29 is 13.2 Å². The zero-order valence-electron chi connectivity index (χ0n) is 13.4. The molecule has 1 atom stereocenters. The molecule has 0 N–H and O–H groups in total. The van der Waals surface area contributed by atoms with Crippen molar-refractivity contribution in [2.45, 2.75) is 31.1 Å². The molecule has 2 fully saturated rings. The monoisotopic (exact) mass is 337 g/mol. The number of aromatic nitrogens is 1. The number of hydrogen-bond acceptors (Lipinski definition) is 4. The summed E-state index contributed by atoms with van der Waals surface area (Å²) in [5, 5.41) is 0. The van der Waals surface area contributed by atoms with Crippen LogP contribution in [0.5, 0.6) is 0 Å². The number of nitrogens with zero attached hydrogens (tertiary/aromatic N) is 3. The summed E-state index contributed by atoms with van der Waals surface area (Å²) >= 11 is 0. The summed E-state index contributed by atoms with van der Waals surface area (Å²) in [6.45, 7) is 4.37. The van der Waals surface area contributed by atoms with Crippen LogP contribution < -0.4 is 0 Å². The van der Waals surface area contributed by atoms with Crippen LogP contribution in [0.2, 0.25) is 0 Å². The number of likely N-dealkylation sites (tertiary alicyclic amines) is 1. The standard InChI is InChI=1S/C16H23N3O3S/c1-13(20)18-8-4-14(5-9-18)15-6-10-19(12-15)23(21,22)16-3-2-7-17-11-16/h2-3,7,11,14-15H,4-6,8-10,12H2,1H3. The van der Waals surface area contributed by atoms with Gasteiger partial charge in [0.25, 0.3) is 0 Å². The zero-order chi connectivity index (χ0) is 16.4. The molecule has 3 heterocycles. The number of sulfonamides is 1. The maximum atomic E-state index is 12.6. The molecule has 126 valence electrons. The van der Waals surface area contributed by atoms with Crippen LogP contribution in [-0.4, -0.2) is 54.7 Å². The highest BCUT2D eigenvalue weighted by molar-refractivity contribution is 7.89. The Morgan fingerprint density at radius 2 is 1.87 bits per heavy atom. The minimum absolute atomic E-state index is 0.135. The summed E-state index contributed by atoms with van der Waals surface area (Å²) in [5.74, 6) is 1.05. The average molecular weight is 337 g/mol. The van der Waals surface area contributed by atoms with Gasteiger partial charge >= 0.3 is 0 Å². The van der Waals surface area contributed by atoms with Crippen LogP contribution in [0.25, 0.3) is 0 Å². The van der Waals surface area contributed by atoms with Gasteiger partial charge in [0, 0.05) is 45.5 Å². The quantitative estimate of drug-likeness (QED) is 0.835. The van der Waals surface area contributed by atoms with Crippen molar-refractivity contribution >= 4 is 15.9 Å². The summed E-state index contributed by atoms with van der Waals surface area (Å²) in [7, 11) is -3.43. The van der Waals surface area contributed by atoms with Crippen LogP contribution in [0, 0.1) is 11.8 Å². The summed E-state index contributed by atoms with van der Waals surface area (Å²) in [4.78, 5) is 17.5. The number of hydrogen-bond donors (Lipinski definition) is 0. The molecule has 7 heteroatoms. The van der Waals surface area contributed by atoms with E-state index in [2.05, 4.69) is 4.98 Å². The first-order chi connectivity index (χ1) is 11.0. The second-order valence-electron chi connectivity index (χ2n) is 6.44. The molecule has 0 radical (unpaired) electrons. The molecule has 0 saturated carbocycles. The average Bonchev–Trinajstić information content (AvgIpc) is 3.06. The van der Waals surface area contributed by atoms with E-state index >= 15 is 0 Å². The van der Waals surface area contributed by atoms with Gasteiger partial charge in [0.15, 0.2) is 0 Å². The summed E-state index contributed by atoms with van der Waals surface area (Å²) < 4.78 is 26.9. The largest absolute Gasteiger partial charge is 0.343 e. The minimum Gasteiger partial charge on any atom is -0.343 e. The third-order valence-electron chi connectivity index (χ3n) is 5.11. The summed E-state index contributed by atoms with van der Waals surface area (Å²) in [6.07, 6.45) is 5.85. The first kappa shape index (κ1) is 16.4. The van der Waals surface area contributed by atoms with Crippen molar-refractivity contribution in [1.82, 2.24) is 14.2 Å². The molecule has 23 heavy (non-hydrogen) atoms. The molecule has 3 rings (SSSR count). The molecule has 2 aliphatic heterocycles. The Morgan fingerprint density at radius 3 is 2.48 bits per heavy atom. The molecule has 1 aromatic rings. The molecular formula is C16H23N3O3S. The van der Waals surface area contributed by atoms with Gasteiger partial charge in [-0.25, -0.2) is 8.42 Å². The van der Waals surface area contributed by atoms with Crippen LogP contribution in [0.1, 0.15) is 26.2 Å². The highest BCUT2D eigenvalue weighted by atomic mass is 32.2. The van der Waals surface area contributed by atoms with Gasteiger partial charge in [-0.05, 0) is 43.2 Å². The topological polar surface area (TPSA) is 70.6 Å². The lowest BCUT2D eigenvalue weighted by Gasteiger charge is -2.34. The lowest BCUT2D eigenvalue weighted by atomic mass is 9.84. The Labute approximate surface area is 137 Å². The highest BCUT2D eigenvalue weighted by Crippen LogP contribution is 2.34. The van der Waals surface area contributed by atoms with E-state index in [-0.39, 0.29) is 10.8 Å². The van der Waals surface area contributed by atoms with E-state index in [9.17, 15) is 13.2 Å². The van der Waals surface area contributed by atoms with E-state index in [0.29, 0.717) is 24.9 Å². The van der Waals surface area contributed by atoms with E-state index < -0.39 is 10.0 Å². The third-order valence-corrected chi connectivity index (χ3v) is 6.96. The second-order valence-corrected chi connectivity index (χ2v) is 8.38. The molecule has 0 spiro atoms. The lowest BCUT2D eigenvalue weighted by Crippen LogP contribution is -2.39. The smallest absolute Gasteiger partial charge is 0.244 e. The maximum absolute atomic E-state index is 12.6. The van der Waals surface area contributed by atoms with Gasteiger partial charge in [-0.15, -0.1) is 0 Å². The molecule has 0 aliphatic carbocycles. The van der Waals surface area contributed by atoms with Crippen LogP contribution >= 0.6 is 0 Å². The van der Waals surface area contributed by atoms with E-state index in [1.165, 1.54) is 6.20 Å². The van der Waals surface area contributed by atoms with E-state index in [1.807, 2.05) is 4.90 Å². The number of carbonyl (C=O) groups excluding carboxylic acids is 1. The van der Waals surface area contributed by atoms with Crippen LogP contribution in [-0.2, 0) is 14.8 Å². The molecule has 0 bridgehead atoms. The Kier molecular flexibility index (Phi) is 4.68. The van der Waals surface area contributed by atoms with Crippen molar-refractivity contribution in [2.24, 2.45) is 11.8 Å². The van der Waals surface area contributed by atoms with Crippen LogP contribution in [0.4, 0.5) is 0 Å². The fraction of sp³-hybridized carbons (Fsp3) is 0.625. The zero-order valence-corrected chi connectivity index (χ0v) is 14.2. The van der Waals surface area contributed by atoms with Gasteiger partial charge in [-0.3, -0.25) is 9.78 Å². The molecule has 2 aliphatic rings. The van der Waals surface area contributed by atoms with Crippen molar-refractivity contribution in [3.05, 3.63) is 24.5 Å². The number of pyridine rings is 1. The van der Waals surface area contributed by atoms with Crippen molar-refractivity contribution in [3.63, 3.8) is 0 Å². The fourth-order valence-electron chi connectivity index (χ4n) is 3.69. The number of rotatable bonds is 3. The number of amides is 1. The summed E-state index contributed by atoms with van der Waals surface area (Å²) in [6, 6.07) is 3.25. The Morgan fingerprint density at radius 1 is 1.17 bits per heavy atom. The van der Waals surface area contributed by atoms with Gasteiger partial charge in [0.1, 0.15) is 4.90 Å². The van der Waals surface area contributed by atoms with Gasteiger partial charge in [-0.2, -0.15) is 4.31 Å². The molecule has 6 nitrogen and oxygen atoms in total. The van der Waals surface area contributed by atoms with E-state index in [0.717, 1.165) is 32.4 Å². The second kappa shape index (κ2) is 6.57. The normalized spacial score (nSPS) is 24.0. The van der Waals surface area contributed by atoms with Crippen molar-refractivity contribution in [1.29, 1.82) is 0 Å². The molecule has 1 aromatic heterocycles. The highest BCUT2D eigenvalue weighted by Gasteiger charge is 2.37. The number of piperidine rings is 1. The molecule has 1 unspecified atom stereocenters. The first-order valence-corrected chi connectivity index (χ1v) is 9.58. The van der Waals surface area contributed by atoms with Crippen molar-refractivity contribution in [2.75, 3.05) is 26.2 Å². The van der Waals surface area contributed by atoms with E-state index in [4.69, 9.17) is 0 Å². The van der Waals surface area contributed by atoms with Gasteiger partial charge in [0.2, 0.25) is 15.9 Å². The first-order valence-electron chi connectivity index (χ1n) is 8.14. The molecule has 2 saturated heterocycles. The Bertz CT molecular complexity index is 654. The molecular weight excluding hydrogens is 314 g/mol. The van der Waals surface area contributed by atoms with Gasteiger partial charge in [-0.1, -0.05) is 0 Å². The van der Waals surface area contributed by atoms with Gasteiger partial charge < -0.3 is 4.90 Å². The van der Waals surface area contributed by atoms with Gasteiger partial charge in [0.05, 0.1) is 0 Å². The molecule has 0 aromatic carbocycles.